The van der Waals surface area contributed by atoms with Crippen LogP contribution in [0.25, 0.3) is 0 Å². The van der Waals surface area contributed by atoms with Crippen LogP contribution in [0.2, 0.25) is 0 Å². The van der Waals surface area contributed by atoms with Crippen LogP contribution in [0.4, 0.5) is 0 Å². The topological polar surface area (TPSA) is 26.3 Å². The van der Waals surface area contributed by atoms with Crippen molar-refractivity contribution in [3.63, 3.8) is 0 Å². The second-order valence-electron chi connectivity index (χ2n) is 5.25. The highest BCUT2D eigenvalue weighted by atomic mass is 32.1. The standard InChI is InChI=1S/C17H20O2S/c1-12(2)15-9-16(20-11-15)13(3)17(18)19-10-14-7-5-4-6-8-14/h4-9,11-13H,10H2,1-3H3. The Balaban J connectivity index is 1.94. The van der Waals surface area contributed by atoms with Gasteiger partial charge in [0.1, 0.15) is 6.61 Å². The summed E-state index contributed by atoms with van der Waals surface area (Å²) in [5.74, 6) is 0.134. The van der Waals surface area contributed by atoms with Crippen LogP contribution in [0, 0.1) is 0 Å². The molecule has 0 aliphatic heterocycles. The molecule has 0 amide bonds. The van der Waals surface area contributed by atoms with Gasteiger partial charge in [0.15, 0.2) is 0 Å². The Morgan fingerprint density at radius 3 is 2.50 bits per heavy atom. The van der Waals surface area contributed by atoms with E-state index in [2.05, 4.69) is 25.3 Å². The van der Waals surface area contributed by atoms with Gasteiger partial charge < -0.3 is 4.74 Å². The van der Waals surface area contributed by atoms with Gasteiger partial charge in [-0.25, -0.2) is 0 Å². The van der Waals surface area contributed by atoms with E-state index in [4.69, 9.17) is 4.74 Å². The van der Waals surface area contributed by atoms with Crippen molar-refractivity contribution in [3.8, 4) is 0 Å². The van der Waals surface area contributed by atoms with Crippen molar-refractivity contribution >= 4 is 17.3 Å². The molecule has 0 bridgehead atoms. The van der Waals surface area contributed by atoms with Gasteiger partial charge in [-0.3, -0.25) is 4.79 Å². The average molecular weight is 288 g/mol. The molecule has 20 heavy (non-hydrogen) atoms. The van der Waals surface area contributed by atoms with Crippen molar-refractivity contribution < 1.29 is 9.53 Å². The normalized spacial score (nSPS) is 12.4. The lowest BCUT2D eigenvalue weighted by atomic mass is 10.0. The predicted molar refractivity (Wildman–Crippen MR) is 83.1 cm³/mol. The van der Waals surface area contributed by atoms with Gasteiger partial charge in [-0.05, 0) is 35.4 Å². The molecule has 2 rings (SSSR count). The molecule has 0 radical (unpaired) electrons. The maximum Gasteiger partial charge on any atom is 0.314 e. The number of carbonyl (C=O) groups excluding carboxylic acids is 1. The van der Waals surface area contributed by atoms with Crippen molar-refractivity contribution in [2.24, 2.45) is 0 Å². The molecular weight excluding hydrogens is 268 g/mol. The maximum atomic E-state index is 12.1. The molecule has 0 N–H and O–H groups in total. The molecule has 1 aromatic carbocycles. The number of rotatable bonds is 5. The van der Waals surface area contributed by atoms with Crippen LogP contribution in [0.3, 0.4) is 0 Å². The van der Waals surface area contributed by atoms with Crippen LogP contribution >= 0.6 is 11.3 Å². The van der Waals surface area contributed by atoms with Crippen LogP contribution < -0.4 is 0 Å². The average Bonchev–Trinajstić information content (AvgIpc) is 2.95. The van der Waals surface area contributed by atoms with Crippen LogP contribution in [0.5, 0.6) is 0 Å². The summed E-state index contributed by atoms with van der Waals surface area (Å²) < 4.78 is 5.38. The number of carbonyl (C=O) groups is 1. The first-order chi connectivity index (χ1) is 9.58. The molecule has 3 heteroatoms. The monoisotopic (exact) mass is 288 g/mol. The molecule has 0 fully saturated rings. The Bertz CT molecular complexity index is 557. The Labute approximate surface area is 124 Å². The maximum absolute atomic E-state index is 12.1. The number of ether oxygens (including phenoxy) is 1. The molecule has 1 heterocycles. The third kappa shape index (κ3) is 3.70. The van der Waals surface area contributed by atoms with E-state index < -0.39 is 0 Å². The van der Waals surface area contributed by atoms with Crippen LogP contribution in [0.15, 0.2) is 41.8 Å². The first-order valence-corrected chi connectivity index (χ1v) is 7.74. The minimum atomic E-state index is -0.198. The van der Waals surface area contributed by atoms with Crippen molar-refractivity contribution in [2.75, 3.05) is 0 Å². The van der Waals surface area contributed by atoms with E-state index in [-0.39, 0.29) is 11.9 Å². The minimum absolute atomic E-state index is 0.161. The second kappa shape index (κ2) is 6.71. The summed E-state index contributed by atoms with van der Waals surface area (Å²) in [6.07, 6.45) is 0. The summed E-state index contributed by atoms with van der Waals surface area (Å²) in [5.41, 5.74) is 2.30. The zero-order valence-electron chi connectivity index (χ0n) is 12.1. The summed E-state index contributed by atoms with van der Waals surface area (Å²) >= 11 is 1.64. The van der Waals surface area contributed by atoms with E-state index >= 15 is 0 Å². The number of hydrogen-bond acceptors (Lipinski definition) is 3. The number of esters is 1. The molecular formula is C17H20O2S. The van der Waals surface area contributed by atoms with Crippen molar-refractivity contribution in [2.45, 2.75) is 39.2 Å². The Morgan fingerprint density at radius 2 is 1.90 bits per heavy atom. The van der Waals surface area contributed by atoms with E-state index in [0.29, 0.717) is 12.5 Å². The first-order valence-electron chi connectivity index (χ1n) is 6.87. The fourth-order valence-electron chi connectivity index (χ4n) is 1.87. The number of thiophene rings is 1. The van der Waals surface area contributed by atoms with E-state index in [1.165, 1.54) is 5.56 Å². The summed E-state index contributed by atoms with van der Waals surface area (Å²) in [7, 11) is 0. The third-order valence-corrected chi connectivity index (χ3v) is 4.44. The van der Waals surface area contributed by atoms with Crippen molar-refractivity contribution in [1.82, 2.24) is 0 Å². The first kappa shape index (κ1) is 14.8. The van der Waals surface area contributed by atoms with Gasteiger partial charge in [0.05, 0.1) is 5.92 Å². The Hall–Kier alpha value is -1.61. The largest absolute Gasteiger partial charge is 0.460 e. The van der Waals surface area contributed by atoms with Crippen LogP contribution in [-0.4, -0.2) is 5.97 Å². The minimum Gasteiger partial charge on any atom is -0.460 e. The van der Waals surface area contributed by atoms with Gasteiger partial charge >= 0.3 is 5.97 Å². The SMILES string of the molecule is CC(C)c1csc(C(C)C(=O)OCc2ccccc2)c1. The third-order valence-electron chi connectivity index (χ3n) is 3.31. The molecule has 0 spiro atoms. The second-order valence-corrected chi connectivity index (χ2v) is 6.19. The fraction of sp³-hybridized carbons (Fsp3) is 0.353. The van der Waals surface area contributed by atoms with Crippen molar-refractivity contribution in [1.29, 1.82) is 0 Å². The molecule has 1 atom stereocenters. The Morgan fingerprint density at radius 1 is 1.20 bits per heavy atom. The molecule has 2 aromatic rings. The van der Waals surface area contributed by atoms with Gasteiger partial charge in [0.25, 0.3) is 0 Å². The van der Waals surface area contributed by atoms with Gasteiger partial charge in [-0.2, -0.15) is 0 Å². The molecule has 1 aromatic heterocycles. The summed E-state index contributed by atoms with van der Waals surface area (Å²) in [4.78, 5) is 13.2. The zero-order chi connectivity index (χ0) is 14.5. The number of hydrogen-bond donors (Lipinski definition) is 0. The van der Waals surface area contributed by atoms with E-state index in [0.717, 1.165) is 10.4 Å². The highest BCUT2D eigenvalue weighted by Crippen LogP contribution is 2.28. The molecule has 0 aliphatic carbocycles. The lowest BCUT2D eigenvalue weighted by molar-refractivity contribution is -0.146. The van der Waals surface area contributed by atoms with Gasteiger partial charge in [0.2, 0.25) is 0 Å². The smallest absolute Gasteiger partial charge is 0.314 e. The zero-order valence-corrected chi connectivity index (χ0v) is 12.9. The predicted octanol–water partition coefficient (Wildman–Crippen LogP) is 4.72. The van der Waals surface area contributed by atoms with Gasteiger partial charge in [0, 0.05) is 4.88 Å². The quantitative estimate of drug-likeness (QED) is 0.744. The van der Waals surface area contributed by atoms with Gasteiger partial charge in [-0.15, -0.1) is 11.3 Å². The fourth-order valence-corrected chi connectivity index (χ4v) is 2.98. The van der Waals surface area contributed by atoms with Gasteiger partial charge in [-0.1, -0.05) is 44.2 Å². The van der Waals surface area contributed by atoms with Crippen LogP contribution in [0.1, 0.15) is 48.6 Å². The van der Waals surface area contributed by atoms with E-state index in [1.54, 1.807) is 11.3 Å². The molecule has 1 unspecified atom stereocenters. The molecule has 2 nitrogen and oxygen atoms in total. The summed E-state index contributed by atoms with van der Waals surface area (Å²) in [6.45, 7) is 6.56. The van der Waals surface area contributed by atoms with E-state index in [9.17, 15) is 4.79 Å². The summed E-state index contributed by atoms with van der Waals surface area (Å²) in [6, 6.07) is 11.9. The molecule has 0 saturated carbocycles. The molecule has 106 valence electrons. The lowest BCUT2D eigenvalue weighted by Crippen LogP contribution is -2.12. The molecule has 0 saturated heterocycles. The van der Waals surface area contributed by atoms with Crippen LogP contribution in [-0.2, 0) is 16.1 Å². The van der Waals surface area contributed by atoms with Crippen molar-refractivity contribution in [3.05, 3.63) is 57.8 Å². The highest BCUT2D eigenvalue weighted by molar-refractivity contribution is 7.10. The summed E-state index contributed by atoms with van der Waals surface area (Å²) in [5, 5.41) is 2.13. The lowest BCUT2D eigenvalue weighted by Gasteiger charge is -2.10. The highest BCUT2D eigenvalue weighted by Gasteiger charge is 2.19. The Kier molecular flexibility index (Phi) is 4.96. The number of benzene rings is 1. The van der Waals surface area contributed by atoms with E-state index in [1.807, 2.05) is 37.3 Å². The molecule has 0 aliphatic rings.